The Morgan fingerprint density at radius 3 is 2.57 bits per heavy atom. The molecule has 3 heteroatoms. The van der Waals surface area contributed by atoms with Crippen LogP contribution >= 0.6 is 11.8 Å². The van der Waals surface area contributed by atoms with Crippen LogP contribution in [-0.4, -0.2) is 41.6 Å². The molecule has 0 aromatic heterocycles. The minimum absolute atomic E-state index is 0.306. The van der Waals surface area contributed by atoms with Crippen molar-refractivity contribution in [1.82, 2.24) is 4.90 Å². The van der Waals surface area contributed by atoms with E-state index in [9.17, 15) is 0 Å². The van der Waals surface area contributed by atoms with Crippen molar-refractivity contribution in [3.05, 3.63) is 35.9 Å². The first kappa shape index (κ1) is 15.4. The number of rotatable bonds is 4. The van der Waals surface area contributed by atoms with Gasteiger partial charge in [0.25, 0.3) is 0 Å². The first-order valence-corrected chi connectivity index (χ1v) is 9.55. The van der Waals surface area contributed by atoms with Crippen molar-refractivity contribution >= 4 is 11.8 Å². The first-order valence-electron chi connectivity index (χ1n) is 8.39. The fourth-order valence-electron chi connectivity index (χ4n) is 3.94. The molecule has 1 aromatic carbocycles. The highest BCUT2D eigenvalue weighted by Gasteiger charge is 2.38. The predicted octanol–water partition coefficient (Wildman–Crippen LogP) is 3.17. The van der Waals surface area contributed by atoms with Gasteiger partial charge in [0.15, 0.2) is 0 Å². The second-order valence-electron chi connectivity index (χ2n) is 6.70. The fourth-order valence-corrected chi connectivity index (χ4v) is 5.25. The van der Waals surface area contributed by atoms with Gasteiger partial charge in [-0.25, -0.2) is 0 Å². The van der Waals surface area contributed by atoms with Crippen molar-refractivity contribution in [2.45, 2.75) is 37.6 Å². The van der Waals surface area contributed by atoms with Crippen LogP contribution in [0.2, 0.25) is 0 Å². The lowest BCUT2D eigenvalue weighted by Crippen LogP contribution is -2.59. The zero-order valence-electron chi connectivity index (χ0n) is 13.0. The third-order valence-corrected chi connectivity index (χ3v) is 6.65. The smallest absolute Gasteiger partial charge is 0.0422 e. The third kappa shape index (κ3) is 3.64. The van der Waals surface area contributed by atoms with Crippen LogP contribution in [-0.2, 0) is 6.42 Å². The zero-order valence-corrected chi connectivity index (χ0v) is 13.8. The molecule has 2 aliphatic rings. The Morgan fingerprint density at radius 1 is 1.19 bits per heavy atom. The Balaban J connectivity index is 1.54. The van der Waals surface area contributed by atoms with E-state index in [0.29, 0.717) is 5.54 Å². The maximum absolute atomic E-state index is 6.17. The van der Waals surface area contributed by atoms with E-state index in [-0.39, 0.29) is 0 Å². The predicted molar refractivity (Wildman–Crippen MR) is 92.8 cm³/mol. The van der Waals surface area contributed by atoms with Crippen molar-refractivity contribution in [3.63, 3.8) is 0 Å². The van der Waals surface area contributed by atoms with Gasteiger partial charge in [-0.3, -0.25) is 4.90 Å². The molecular formula is C18H28N2S. The maximum atomic E-state index is 6.17. The van der Waals surface area contributed by atoms with Crippen molar-refractivity contribution in [3.8, 4) is 0 Å². The van der Waals surface area contributed by atoms with Gasteiger partial charge < -0.3 is 5.73 Å². The van der Waals surface area contributed by atoms with Gasteiger partial charge >= 0.3 is 0 Å². The summed E-state index contributed by atoms with van der Waals surface area (Å²) < 4.78 is 0. The molecule has 0 amide bonds. The molecular weight excluding hydrogens is 276 g/mol. The summed E-state index contributed by atoms with van der Waals surface area (Å²) in [5.41, 5.74) is 7.98. The summed E-state index contributed by atoms with van der Waals surface area (Å²) in [6, 6.07) is 11.0. The number of piperidine rings is 1. The molecule has 1 aromatic rings. The Kier molecular flexibility index (Phi) is 5.25. The second-order valence-corrected chi connectivity index (χ2v) is 7.81. The minimum Gasteiger partial charge on any atom is -0.329 e. The molecule has 3 rings (SSSR count). The minimum atomic E-state index is 0.306. The Morgan fingerprint density at radius 2 is 1.95 bits per heavy atom. The number of likely N-dealkylation sites (tertiary alicyclic amines) is 1. The molecule has 0 saturated carbocycles. The van der Waals surface area contributed by atoms with Crippen LogP contribution in [0.4, 0.5) is 0 Å². The summed E-state index contributed by atoms with van der Waals surface area (Å²) in [4.78, 5) is 2.72. The number of thioether (sulfide) groups is 1. The summed E-state index contributed by atoms with van der Waals surface area (Å²) in [5.74, 6) is 3.42. The van der Waals surface area contributed by atoms with E-state index in [1.165, 1.54) is 62.3 Å². The third-order valence-electron chi connectivity index (χ3n) is 5.33. The molecule has 2 aliphatic heterocycles. The van der Waals surface area contributed by atoms with Crippen LogP contribution < -0.4 is 5.73 Å². The molecule has 0 spiro atoms. The lowest BCUT2D eigenvalue weighted by molar-refractivity contribution is 0.0622. The zero-order chi connectivity index (χ0) is 14.5. The molecule has 0 radical (unpaired) electrons. The van der Waals surface area contributed by atoms with Crippen molar-refractivity contribution in [2.75, 3.05) is 31.1 Å². The second kappa shape index (κ2) is 7.17. The van der Waals surface area contributed by atoms with Gasteiger partial charge in [-0.05, 0) is 62.4 Å². The molecule has 1 atom stereocenters. The van der Waals surface area contributed by atoms with Gasteiger partial charge in [-0.15, -0.1) is 0 Å². The van der Waals surface area contributed by atoms with Gasteiger partial charge in [0.2, 0.25) is 0 Å². The number of hydrogen-bond acceptors (Lipinski definition) is 3. The molecule has 2 saturated heterocycles. The average Bonchev–Trinajstić information content (AvgIpc) is 2.57. The highest BCUT2D eigenvalue weighted by atomic mass is 32.2. The molecule has 2 N–H and O–H groups in total. The maximum Gasteiger partial charge on any atom is 0.0422 e. The van der Waals surface area contributed by atoms with Gasteiger partial charge in [0, 0.05) is 17.8 Å². The lowest BCUT2D eigenvalue weighted by atomic mass is 9.85. The topological polar surface area (TPSA) is 29.3 Å². The van der Waals surface area contributed by atoms with Crippen molar-refractivity contribution < 1.29 is 0 Å². The number of benzene rings is 1. The average molecular weight is 305 g/mol. The van der Waals surface area contributed by atoms with Crippen LogP contribution in [0.5, 0.6) is 0 Å². The SMILES string of the molecule is NCC1(N2CCC(Cc3ccccc3)CC2)CCCSC1. The van der Waals surface area contributed by atoms with Crippen LogP contribution in [0.25, 0.3) is 0 Å². The Bertz CT molecular complexity index is 420. The van der Waals surface area contributed by atoms with Crippen molar-refractivity contribution in [1.29, 1.82) is 0 Å². The monoisotopic (exact) mass is 304 g/mol. The number of hydrogen-bond donors (Lipinski definition) is 1. The number of nitrogens with two attached hydrogens (primary N) is 1. The largest absolute Gasteiger partial charge is 0.329 e. The van der Waals surface area contributed by atoms with E-state index in [0.717, 1.165) is 12.5 Å². The summed E-state index contributed by atoms with van der Waals surface area (Å²) in [6.07, 6.45) is 6.56. The van der Waals surface area contributed by atoms with Crippen LogP contribution in [0.1, 0.15) is 31.2 Å². The lowest BCUT2D eigenvalue weighted by Gasteiger charge is -2.48. The highest BCUT2D eigenvalue weighted by Crippen LogP contribution is 2.34. The van der Waals surface area contributed by atoms with E-state index in [2.05, 4.69) is 47.0 Å². The van der Waals surface area contributed by atoms with Crippen LogP contribution in [0.15, 0.2) is 30.3 Å². The van der Waals surface area contributed by atoms with Gasteiger partial charge in [-0.2, -0.15) is 11.8 Å². The molecule has 2 heterocycles. The summed E-state index contributed by atoms with van der Waals surface area (Å²) in [5, 5.41) is 0. The molecule has 1 unspecified atom stereocenters. The van der Waals surface area contributed by atoms with Crippen LogP contribution in [0, 0.1) is 5.92 Å². The normalized spacial score (nSPS) is 28.6. The van der Waals surface area contributed by atoms with E-state index in [4.69, 9.17) is 5.73 Å². The number of nitrogens with zero attached hydrogens (tertiary/aromatic N) is 1. The van der Waals surface area contributed by atoms with Crippen molar-refractivity contribution in [2.24, 2.45) is 11.7 Å². The molecule has 21 heavy (non-hydrogen) atoms. The molecule has 2 fully saturated rings. The van der Waals surface area contributed by atoms with E-state index in [1.807, 2.05) is 0 Å². The van der Waals surface area contributed by atoms with E-state index < -0.39 is 0 Å². The van der Waals surface area contributed by atoms with Crippen LogP contribution in [0.3, 0.4) is 0 Å². The Hall–Kier alpha value is -0.510. The molecule has 2 nitrogen and oxygen atoms in total. The molecule has 0 aliphatic carbocycles. The highest BCUT2D eigenvalue weighted by molar-refractivity contribution is 7.99. The molecule has 116 valence electrons. The molecule has 0 bridgehead atoms. The van der Waals surface area contributed by atoms with Gasteiger partial charge in [-0.1, -0.05) is 30.3 Å². The summed E-state index contributed by atoms with van der Waals surface area (Å²) >= 11 is 2.10. The first-order chi connectivity index (χ1) is 10.3. The quantitative estimate of drug-likeness (QED) is 0.926. The van der Waals surface area contributed by atoms with E-state index >= 15 is 0 Å². The Labute approximate surface area is 133 Å². The van der Waals surface area contributed by atoms with Gasteiger partial charge in [0.05, 0.1) is 0 Å². The fraction of sp³-hybridized carbons (Fsp3) is 0.667. The van der Waals surface area contributed by atoms with E-state index in [1.54, 1.807) is 0 Å². The standard InChI is InChI=1S/C18H28N2S/c19-14-18(9-4-12-21-15-18)20-10-7-17(8-11-20)13-16-5-2-1-3-6-16/h1-3,5-6,17H,4,7-15,19H2. The summed E-state index contributed by atoms with van der Waals surface area (Å²) in [6.45, 7) is 3.33. The summed E-state index contributed by atoms with van der Waals surface area (Å²) in [7, 11) is 0. The van der Waals surface area contributed by atoms with Gasteiger partial charge in [0.1, 0.15) is 0 Å².